The number of halogens is 1. The minimum Gasteiger partial charge on any atom is -0.481 e. The SMILES string of the molecule is CCC(CC)n1c(SCC(=O)O)nc2cc(Cl)ccc21. The second-order valence-corrected chi connectivity index (χ2v) is 5.93. The van der Waals surface area contributed by atoms with E-state index < -0.39 is 5.97 Å². The van der Waals surface area contributed by atoms with Gasteiger partial charge in [-0.2, -0.15) is 0 Å². The first-order valence-corrected chi connectivity index (χ1v) is 7.95. The molecule has 0 saturated carbocycles. The van der Waals surface area contributed by atoms with Crippen molar-refractivity contribution in [2.45, 2.75) is 37.9 Å². The van der Waals surface area contributed by atoms with E-state index >= 15 is 0 Å². The van der Waals surface area contributed by atoms with E-state index in [1.165, 1.54) is 11.8 Å². The summed E-state index contributed by atoms with van der Waals surface area (Å²) in [5.74, 6) is -0.826. The molecule has 1 aromatic carbocycles. The zero-order chi connectivity index (χ0) is 14.7. The first-order chi connectivity index (χ1) is 9.56. The molecule has 108 valence electrons. The largest absolute Gasteiger partial charge is 0.481 e. The molecule has 1 N–H and O–H groups in total. The maximum atomic E-state index is 10.8. The first kappa shape index (κ1) is 15.2. The highest BCUT2D eigenvalue weighted by molar-refractivity contribution is 7.99. The summed E-state index contributed by atoms with van der Waals surface area (Å²) in [6, 6.07) is 5.93. The number of aliphatic carboxylic acids is 1. The molecular weight excluding hydrogens is 296 g/mol. The number of imidazole rings is 1. The molecule has 1 heterocycles. The van der Waals surface area contributed by atoms with E-state index in [2.05, 4.69) is 23.4 Å². The van der Waals surface area contributed by atoms with Gasteiger partial charge < -0.3 is 9.67 Å². The second-order valence-electron chi connectivity index (χ2n) is 4.55. The number of hydrogen-bond donors (Lipinski definition) is 1. The standard InChI is InChI=1S/C14H17ClN2O2S/c1-3-10(4-2)17-12-6-5-9(15)7-11(12)16-14(17)20-8-13(18)19/h5-7,10H,3-4,8H2,1-2H3,(H,18,19). The highest BCUT2D eigenvalue weighted by atomic mass is 35.5. The summed E-state index contributed by atoms with van der Waals surface area (Å²) in [6.45, 7) is 4.25. The zero-order valence-electron chi connectivity index (χ0n) is 11.5. The number of carboxylic acid groups (broad SMARTS) is 1. The highest BCUT2D eigenvalue weighted by Gasteiger charge is 2.18. The van der Waals surface area contributed by atoms with Crippen molar-refractivity contribution in [3.8, 4) is 0 Å². The molecule has 0 radical (unpaired) electrons. The Balaban J connectivity index is 2.52. The van der Waals surface area contributed by atoms with Crippen LogP contribution in [0, 0.1) is 0 Å². The molecule has 20 heavy (non-hydrogen) atoms. The molecule has 0 aliphatic heterocycles. The monoisotopic (exact) mass is 312 g/mol. The third kappa shape index (κ3) is 3.10. The summed E-state index contributed by atoms with van der Waals surface area (Å²) < 4.78 is 2.14. The number of aromatic nitrogens is 2. The Labute approximate surface area is 127 Å². The smallest absolute Gasteiger partial charge is 0.313 e. The van der Waals surface area contributed by atoms with Gasteiger partial charge >= 0.3 is 5.97 Å². The van der Waals surface area contributed by atoms with Gasteiger partial charge in [-0.15, -0.1) is 0 Å². The third-order valence-electron chi connectivity index (χ3n) is 3.25. The van der Waals surface area contributed by atoms with Crippen molar-refractivity contribution in [3.63, 3.8) is 0 Å². The van der Waals surface area contributed by atoms with E-state index in [4.69, 9.17) is 16.7 Å². The summed E-state index contributed by atoms with van der Waals surface area (Å²) in [4.78, 5) is 15.3. The Bertz CT molecular complexity index is 623. The third-order valence-corrected chi connectivity index (χ3v) is 4.42. The molecule has 0 fully saturated rings. The molecule has 1 aromatic heterocycles. The van der Waals surface area contributed by atoms with Gasteiger partial charge in [0, 0.05) is 11.1 Å². The highest BCUT2D eigenvalue weighted by Crippen LogP contribution is 2.31. The fourth-order valence-electron chi connectivity index (χ4n) is 2.28. The summed E-state index contributed by atoms with van der Waals surface area (Å²) in [6.07, 6.45) is 1.95. The van der Waals surface area contributed by atoms with E-state index in [-0.39, 0.29) is 5.75 Å². The summed E-state index contributed by atoms with van der Waals surface area (Å²) in [7, 11) is 0. The van der Waals surface area contributed by atoms with E-state index in [1.54, 1.807) is 0 Å². The minimum atomic E-state index is -0.837. The van der Waals surface area contributed by atoms with Crippen LogP contribution in [0.1, 0.15) is 32.7 Å². The fourth-order valence-corrected chi connectivity index (χ4v) is 3.25. The Kier molecular flexibility index (Phi) is 4.94. The van der Waals surface area contributed by atoms with Crippen LogP contribution in [-0.4, -0.2) is 26.4 Å². The van der Waals surface area contributed by atoms with Crippen molar-refractivity contribution >= 4 is 40.4 Å². The van der Waals surface area contributed by atoms with Crippen LogP contribution in [-0.2, 0) is 4.79 Å². The molecule has 0 atom stereocenters. The number of carbonyl (C=O) groups is 1. The zero-order valence-corrected chi connectivity index (χ0v) is 13.0. The normalized spacial score (nSPS) is 11.4. The number of carboxylic acids is 1. The van der Waals surface area contributed by atoms with Crippen molar-refractivity contribution in [1.29, 1.82) is 0 Å². The molecule has 2 rings (SSSR count). The van der Waals surface area contributed by atoms with Crippen molar-refractivity contribution in [2.24, 2.45) is 0 Å². The average molecular weight is 313 g/mol. The van der Waals surface area contributed by atoms with Crippen molar-refractivity contribution < 1.29 is 9.90 Å². The average Bonchev–Trinajstić information content (AvgIpc) is 2.76. The lowest BCUT2D eigenvalue weighted by Crippen LogP contribution is -2.09. The van der Waals surface area contributed by atoms with Crippen LogP contribution in [0.2, 0.25) is 5.02 Å². The molecule has 0 saturated heterocycles. The molecule has 2 aromatic rings. The van der Waals surface area contributed by atoms with Crippen LogP contribution in [0.25, 0.3) is 11.0 Å². The Morgan fingerprint density at radius 2 is 2.15 bits per heavy atom. The van der Waals surface area contributed by atoms with Gasteiger partial charge in [0.15, 0.2) is 5.16 Å². The lowest BCUT2D eigenvalue weighted by molar-refractivity contribution is -0.133. The van der Waals surface area contributed by atoms with Gasteiger partial charge in [0.2, 0.25) is 0 Å². The fraction of sp³-hybridized carbons (Fsp3) is 0.429. The van der Waals surface area contributed by atoms with Gasteiger partial charge in [-0.05, 0) is 31.0 Å². The van der Waals surface area contributed by atoms with E-state index in [1.807, 2.05) is 18.2 Å². The number of hydrogen-bond acceptors (Lipinski definition) is 3. The maximum Gasteiger partial charge on any atom is 0.313 e. The van der Waals surface area contributed by atoms with Gasteiger partial charge in [0.1, 0.15) is 0 Å². The molecule has 0 aliphatic carbocycles. The lowest BCUT2D eigenvalue weighted by atomic mass is 10.1. The van der Waals surface area contributed by atoms with Crippen molar-refractivity contribution in [2.75, 3.05) is 5.75 Å². The molecule has 6 heteroatoms. The Morgan fingerprint density at radius 1 is 1.45 bits per heavy atom. The van der Waals surface area contributed by atoms with Gasteiger partial charge in [-0.3, -0.25) is 4.79 Å². The summed E-state index contributed by atoms with van der Waals surface area (Å²) in [5.41, 5.74) is 1.83. The van der Waals surface area contributed by atoms with E-state index in [0.29, 0.717) is 11.1 Å². The quantitative estimate of drug-likeness (QED) is 0.811. The molecule has 0 spiro atoms. The summed E-state index contributed by atoms with van der Waals surface area (Å²) in [5, 5.41) is 10.2. The van der Waals surface area contributed by atoms with Crippen LogP contribution in [0.15, 0.2) is 23.4 Å². The number of nitrogens with zero attached hydrogens (tertiary/aromatic N) is 2. The molecular formula is C14H17ClN2O2S. The van der Waals surface area contributed by atoms with Crippen LogP contribution < -0.4 is 0 Å². The number of rotatable bonds is 6. The molecule has 4 nitrogen and oxygen atoms in total. The molecule has 0 amide bonds. The topological polar surface area (TPSA) is 55.1 Å². The number of thioether (sulfide) groups is 1. The Hall–Kier alpha value is -1.20. The van der Waals surface area contributed by atoms with Crippen LogP contribution in [0.4, 0.5) is 0 Å². The van der Waals surface area contributed by atoms with E-state index in [0.717, 1.165) is 29.0 Å². The summed E-state index contributed by atoms with van der Waals surface area (Å²) >= 11 is 7.26. The number of fused-ring (bicyclic) bond motifs is 1. The predicted molar refractivity (Wildman–Crippen MR) is 82.7 cm³/mol. The second kappa shape index (κ2) is 6.50. The Morgan fingerprint density at radius 3 is 2.75 bits per heavy atom. The van der Waals surface area contributed by atoms with Gasteiger partial charge in [0.05, 0.1) is 16.8 Å². The number of benzene rings is 1. The predicted octanol–water partition coefficient (Wildman–Crippen LogP) is 4.23. The molecule has 0 unspecified atom stereocenters. The maximum absolute atomic E-state index is 10.8. The van der Waals surface area contributed by atoms with Crippen LogP contribution >= 0.6 is 23.4 Å². The molecule has 0 aliphatic rings. The van der Waals surface area contributed by atoms with Crippen molar-refractivity contribution in [3.05, 3.63) is 23.2 Å². The lowest BCUT2D eigenvalue weighted by Gasteiger charge is -2.18. The minimum absolute atomic E-state index is 0.0111. The van der Waals surface area contributed by atoms with Crippen LogP contribution in [0.3, 0.4) is 0 Å². The molecule has 0 bridgehead atoms. The van der Waals surface area contributed by atoms with Gasteiger partial charge in [-0.25, -0.2) is 4.98 Å². The van der Waals surface area contributed by atoms with E-state index in [9.17, 15) is 4.79 Å². The first-order valence-electron chi connectivity index (χ1n) is 6.58. The van der Waals surface area contributed by atoms with Gasteiger partial charge in [-0.1, -0.05) is 37.2 Å². The van der Waals surface area contributed by atoms with Crippen LogP contribution in [0.5, 0.6) is 0 Å². The van der Waals surface area contributed by atoms with Gasteiger partial charge in [0.25, 0.3) is 0 Å². The van der Waals surface area contributed by atoms with Crippen molar-refractivity contribution in [1.82, 2.24) is 9.55 Å².